The Hall–Kier alpha value is -2.35. The minimum absolute atomic E-state index is 0.116. The smallest absolute Gasteiger partial charge is 0.242 e. The highest BCUT2D eigenvalue weighted by atomic mass is 16.2. The molecule has 1 amide bonds. The van der Waals surface area contributed by atoms with Crippen LogP contribution in [-0.2, 0) is 10.2 Å². The monoisotopic (exact) mass is 263 g/mol. The van der Waals surface area contributed by atoms with E-state index in [1.54, 1.807) is 4.90 Å². The van der Waals surface area contributed by atoms with E-state index in [9.17, 15) is 4.79 Å². The van der Waals surface area contributed by atoms with Crippen molar-refractivity contribution < 1.29 is 4.79 Å². The van der Waals surface area contributed by atoms with E-state index in [1.165, 1.54) is 0 Å². The Bertz CT molecular complexity index is 662. The van der Waals surface area contributed by atoms with Gasteiger partial charge in [0.2, 0.25) is 5.91 Å². The largest absolute Gasteiger partial charge is 0.314 e. The normalized spacial score (nSPS) is 20.9. The number of likely N-dealkylation sites (N-methyl/N-ethyl adjacent to an activating group) is 1. The Morgan fingerprint density at radius 3 is 2.45 bits per heavy atom. The van der Waals surface area contributed by atoms with Crippen molar-refractivity contribution in [2.75, 3.05) is 11.9 Å². The molecule has 20 heavy (non-hydrogen) atoms. The summed E-state index contributed by atoms with van der Waals surface area (Å²) >= 11 is 0. The van der Waals surface area contributed by atoms with Gasteiger partial charge < -0.3 is 4.90 Å². The number of allylic oxidation sites excluding steroid dienone is 1. The van der Waals surface area contributed by atoms with Gasteiger partial charge in [0.05, 0.1) is 0 Å². The topological polar surface area (TPSA) is 20.3 Å². The minimum Gasteiger partial charge on any atom is -0.314 e. The van der Waals surface area contributed by atoms with E-state index in [0.717, 1.165) is 16.8 Å². The molecule has 0 aliphatic carbocycles. The summed E-state index contributed by atoms with van der Waals surface area (Å²) in [5.74, 6) is 0.116. The predicted molar refractivity (Wildman–Crippen MR) is 81.9 cm³/mol. The maximum atomic E-state index is 13.0. The highest BCUT2D eigenvalue weighted by Crippen LogP contribution is 2.47. The molecule has 1 atom stereocenters. The summed E-state index contributed by atoms with van der Waals surface area (Å²) in [7, 11) is 1.84. The third-order valence-electron chi connectivity index (χ3n) is 4.11. The van der Waals surface area contributed by atoms with Gasteiger partial charge in [0.15, 0.2) is 0 Å². The number of hydrogen-bond donors (Lipinski definition) is 0. The number of anilines is 1. The standard InChI is InChI=1S/C18H17NO/c1-3-13-18(14-9-5-4-6-10-14)15-11-7-8-12-16(15)19(2)17(18)20/h3-12H,1,13H2,2H3/t18-/m0/s1. The molecule has 2 nitrogen and oxygen atoms in total. The van der Waals surface area contributed by atoms with Gasteiger partial charge in [-0.15, -0.1) is 6.58 Å². The van der Waals surface area contributed by atoms with Gasteiger partial charge >= 0.3 is 0 Å². The predicted octanol–water partition coefficient (Wildman–Crippen LogP) is 3.53. The first-order valence-corrected chi connectivity index (χ1v) is 6.76. The first-order chi connectivity index (χ1) is 9.71. The van der Waals surface area contributed by atoms with E-state index in [0.29, 0.717) is 6.42 Å². The second-order valence-corrected chi connectivity index (χ2v) is 5.15. The highest BCUT2D eigenvalue weighted by Gasteiger charge is 2.49. The highest BCUT2D eigenvalue weighted by molar-refractivity contribution is 6.10. The van der Waals surface area contributed by atoms with Crippen molar-refractivity contribution in [1.82, 2.24) is 0 Å². The Morgan fingerprint density at radius 2 is 1.75 bits per heavy atom. The second kappa shape index (κ2) is 4.64. The van der Waals surface area contributed by atoms with E-state index in [2.05, 4.69) is 6.58 Å². The molecule has 2 heteroatoms. The lowest BCUT2D eigenvalue weighted by Crippen LogP contribution is -2.39. The van der Waals surface area contributed by atoms with Gasteiger partial charge in [-0.3, -0.25) is 4.79 Å². The molecule has 1 aliphatic heterocycles. The average Bonchev–Trinajstić information content (AvgIpc) is 2.72. The molecule has 0 radical (unpaired) electrons. The summed E-state index contributed by atoms with van der Waals surface area (Å²) in [5.41, 5.74) is 2.46. The van der Waals surface area contributed by atoms with Crippen molar-refractivity contribution in [3.8, 4) is 0 Å². The molecule has 0 saturated heterocycles. The molecule has 2 aromatic carbocycles. The van der Waals surface area contributed by atoms with Gasteiger partial charge in [-0.05, 0) is 23.6 Å². The third-order valence-corrected chi connectivity index (χ3v) is 4.11. The average molecular weight is 263 g/mol. The maximum Gasteiger partial charge on any atom is 0.242 e. The molecule has 0 spiro atoms. The van der Waals surface area contributed by atoms with Crippen molar-refractivity contribution in [2.24, 2.45) is 0 Å². The number of fused-ring (bicyclic) bond motifs is 1. The van der Waals surface area contributed by atoms with Gasteiger partial charge in [-0.2, -0.15) is 0 Å². The number of hydrogen-bond acceptors (Lipinski definition) is 1. The number of amides is 1. The van der Waals surface area contributed by atoms with Crippen LogP contribution in [0.15, 0.2) is 67.3 Å². The lowest BCUT2D eigenvalue weighted by Gasteiger charge is -2.27. The fourth-order valence-electron chi connectivity index (χ4n) is 3.17. The molecule has 100 valence electrons. The van der Waals surface area contributed by atoms with Crippen LogP contribution < -0.4 is 4.90 Å². The number of para-hydroxylation sites is 1. The van der Waals surface area contributed by atoms with Gasteiger partial charge in [-0.25, -0.2) is 0 Å². The van der Waals surface area contributed by atoms with Crippen LogP contribution in [0, 0.1) is 0 Å². The van der Waals surface area contributed by atoms with Crippen molar-refractivity contribution >= 4 is 11.6 Å². The summed E-state index contributed by atoms with van der Waals surface area (Å²) in [5, 5.41) is 0. The zero-order chi connectivity index (χ0) is 14.2. The van der Waals surface area contributed by atoms with Crippen LogP contribution in [0.5, 0.6) is 0 Å². The van der Waals surface area contributed by atoms with Crippen molar-refractivity contribution in [3.05, 3.63) is 78.4 Å². The van der Waals surface area contributed by atoms with E-state index >= 15 is 0 Å². The van der Waals surface area contributed by atoms with Crippen LogP contribution in [0.2, 0.25) is 0 Å². The molecule has 1 heterocycles. The van der Waals surface area contributed by atoms with Crippen LogP contribution in [0.3, 0.4) is 0 Å². The molecule has 0 unspecified atom stereocenters. The Balaban J connectivity index is 2.31. The molecule has 0 saturated carbocycles. The number of nitrogens with zero attached hydrogens (tertiary/aromatic N) is 1. The van der Waals surface area contributed by atoms with Crippen LogP contribution >= 0.6 is 0 Å². The van der Waals surface area contributed by atoms with Crippen LogP contribution in [0.1, 0.15) is 17.5 Å². The molecular weight excluding hydrogens is 246 g/mol. The molecule has 0 bridgehead atoms. The maximum absolute atomic E-state index is 13.0. The molecule has 0 fully saturated rings. The van der Waals surface area contributed by atoms with Crippen LogP contribution in [0.25, 0.3) is 0 Å². The van der Waals surface area contributed by atoms with E-state index < -0.39 is 5.41 Å². The number of carbonyl (C=O) groups excluding carboxylic acids is 1. The summed E-state index contributed by atoms with van der Waals surface area (Å²) < 4.78 is 0. The number of rotatable bonds is 3. The molecular formula is C18H17NO. The van der Waals surface area contributed by atoms with Crippen LogP contribution in [0.4, 0.5) is 5.69 Å². The molecule has 0 aromatic heterocycles. The minimum atomic E-state index is -0.631. The fourth-order valence-corrected chi connectivity index (χ4v) is 3.17. The van der Waals surface area contributed by atoms with E-state index in [4.69, 9.17) is 0 Å². The van der Waals surface area contributed by atoms with E-state index in [1.807, 2.05) is 67.7 Å². The molecule has 0 N–H and O–H groups in total. The SMILES string of the molecule is C=CC[C@@]1(c2ccccc2)C(=O)N(C)c2ccccc21. The van der Waals surface area contributed by atoms with Crippen molar-refractivity contribution in [2.45, 2.75) is 11.8 Å². The molecule has 2 aromatic rings. The lowest BCUT2D eigenvalue weighted by molar-refractivity contribution is -0.121. The number of benzene rings is 2. The van der Waals surface area contributed by atoms with Gasteiger partial charge in [0.1, 0.15) is 5.41 Å². The Labute approximate surface area is 119 Å². The van der Waals surface area contributed by atoms with E-state index in [-0.39, 0.29) is 5.91 Å². The molecule has 3 rings (SSSR count). The first kappa shape index (κ1) is 12.7. The second-order valence-electron chi connectivity index (χ2n) is 5.15. The summed E-state index contributed by atoms with van der Waals surface area (Å²) in [6, 6.07) is 18.0. The zero-order valence-electron chi connectivity index (χ0n) is 11.5. The summed E-state index contributed by atoms with van der Waals surface area (Å²) in [6.45, 7) is 3.86. The fraction of sp³-hybridized carbons (Fsp3) is 0.167. The lowest BCUT2D eigenvalue weighted by atomic mass is 9.73. The quantitative estimate of drug-likeness (QED) is 0.776. The zero-order valence-corrected chi connectivity index (χ0v) is 11.5. The van der Waals surface area contributed by atoms with Gasteiger partial charge in [0.25, 0.3) is 0 Å². The van der Waals surface area contributed by atoms with Gasteiger partial charge in [0, 0.05) is 12.7 Å². The molecule has 1 aliphatic rings. The van der Waals surface area contributed by atoms with Crippen molar-refractivity contribution in [1.29, 1.82) is 0 Å². The third kappa shape index (κ3) is 1.54. The van der Waals surface area contributed by atoms with Crippen LogP contribution in [-0.4, -0.2) is 13.0 Å². The summed E-state index contributed by atoms with van der Waals surface area (Å²) in [6.07, 6.45) is 2.44. The Kier molecular flexibility index (Phi) is 2.94. The summed E-state index contributed by atoms with van der Waals surface area (Å²) in [4.78, 5) is 14.7. The van der Waals surface area contributed by atoms with Gasteiger partial charge in [-0.1, -0.05) is 54.6 Å². The first-order valence-electron chi connectivity index (χ1n) is 6.76. The Morgan fingerprint density at radius 1 is 1.10 bits per heavy atom. The number of carbonyl (C=O) groups is 1. The van der Waals surface area contributed by atoms with Crippen molar-refractivity contribution in [3.63, 3.8) is 0 Å².